The molecule has 0 bridgehead atoms. The number of rotatable bonds is 2. The molecule has 0 aromatic heterocycles. The second kappa shape index (κ2) is 1.98. The van der Waals surface area contributed by atoms with Gasteiger partial charge < -0.3 is 5.73 Å². The van der Waals surface area contributed by atoms with Gasteiger partial charge in [-0.15, -0.1) is 0 Å². The topological polar surface area (TPSA) is 26.0 Å². The van der Waals surface area contributed by atoms with Crippen LogP contribution in [0.25, 0.3) is 0 Å². The van der Waals surface area contributed by atoms with Crippen LogP contribution < -0.4 is 5.73 Å². The first-order valence-electron chi connectivity index (χ1n) is 3.89. The first kappa shape index (κ1) is 7.07. The summed E-state index contributed by atoms with van der Waals surface area (Å²) in [5, 5.41) is 0. The Morgan fingerprint density at radius 1 is 1.67 bits per heavy atom. The van der Waals surface area contributed by atoms with E-state index < -0.39 is 0 Å². The van der Waals surface area contributed by atoms with E-state index >= 15 is 0 Å². The minimum atomic E-state index is 0.502. The molecule has 0 amide bonds. The first-order chi connectivity index (χ1) is 4.13. The zero-order chi connectivity index (χ0) is 7.07. The molecule has 1 aliphatic rings. The second-order valence-corrected chi connectivity index (χ2v) is 3.55. The lowest BCUT2D eigenvalue weighted by Crippen LogP contribution is -2.18. The fourth-order valence-corrected chi connectivity index (χ4v) is 1.83. The van der Waals surface area contributed by atoms with Gasteiger partial charge in [0.15, 0.2) is 0 Å². The Balaban J connectivity index is 2.52. The Labute approximate surface area is 57.6 Å². The van der Waals surface area contributed by atoms with Crippen LogP contribution in [0.5, 0.6) is 0 Å². The van der Waals surface area contributed by atoms with Crippen LogP contribution in [0.1, 0.15) is 33.6 Å². The molecule has 1 heteroatoms. The van der Waals surface area contributed by atoms with Crippen LogP contribution in [0, 0.1) is 11.3 Å². The highest BCUT2D eigenvalue weighted by molar-refractivity contribution is 5.06. The highest BCUT2D eigenvalue weighted by atomic mass is 14.8. The highest BCUT2D eigenvalue weighted by Crippen LogP contribution is 2.53. The van der Waals surface area contributed by atoms with Crippen molar-refractivity contribution in [3.63, 3.8) is 0 Å². The molecule has 0 aliphatic heterocycles. The van der Waals surface area contributed by atoms with Crippen molar-refractivity contribution in [1.82, 2.24) is 0 Å². The molecule has 54 valence electrons. The summed E-state index contributed by atoms with van der Waals surface area (Å²) >= 11 is 0. The van der Waals surface area contributed by atoms with Gasteiger partial charge in [-0.3, -0.25) is 0 Å². The molecule has 0 saturated heterocycles. The van der Waals surface area contributed by atoms with Gasteiger partial charge >= 0.3 is 0 Å². The number of hydrogen-bond acceptors (Lipinski definition) is 1. The molecular formula is C8H17N. The fourth-order valence-electron chi connectivity index (χ4n) is 1.83. The normalized spacial score (nSPS) is 41.7. The average Bonchev–Trinajstić information content (AvgIpc) is 2.43. The molecule has 1 fully saturated rings. The van der Waals surface area contributed by atoms with E-state index in [4.69, 9.17) is 5.73 Å². The summed E-state index contributed by atoms with van der Waals surface area (Å²) < 4.78 is 0. The third-order valence-electron chi connectivity index (χ3n) is 2.99. The van der Waals surface area contributed by atoms with Gasteiger partial charge in [-0.2, -0.15) is 0 Å². The summed E-state index contributed by atoms with van der Waals surface area (Å²) in [6.07, 6.45) is 2.51. The van der Waals surface area contributed by atoms with E-state index in [2.05, 4.69) is 20.8 Å². The van der Waals surface area contributed by atoms with Gasteiger partial charge in [0.1, 0.15) is 0 Å². The maximum atomic E-state index is 5.81. The zero-order valence-corrected chi connectivity index (χ0v) is 6.65. The molecule has 1 nitrogen and oxygen atoms in total. The number of nitrogens with two attached hydrogens (primary N) is 1. The van der Waals surface area contributed by atoms with Crippen LogP contribution >= 0.6 is 0 Å². The summed E-state index contributed by atoms with van der Waals surface area (Å²) in [6.45, 7) is 6.79. The van der Waals surface area contributed by atoms with Gasteiger partial charge in [-0.25, -0.2) is 0 Å². The van der Waals surface area contributed by atoms with Gasteiger partial charge in [-0.05, 0) is 24.2 Å². The third kappa shape index (κ3) is 0.877. The van der Waals surface area contributed by atoms with E-state index in [0.717, 1.165) is 5.92 Å². The molecule has 0 spiro atoms. The van der Waals surface area contributed by atoms with Crippen LogP contribution in [0.15, 0.2) is 0 Å². The Bertz CT molecular complexity index is 105. The molecule has 2 atom stereocenters. The van der Waals surface area contributed by atoms with Crippen molar-refractivity contribution in [2.24, 2.45) is 17.1 Å². The standard InChI is InChI=1S/C8H17N/c1-4-8(6(2)3)5-7(8)9/h6-7H,4-5,9H2,1-3H3/t7-,8-/m0/s1. The molecule has 0 aromatic carbocycles. The molecular weight excluding hydrogens is 110 g/mol. The van der Waals surface area contributed by atoms with E-state index in [1.165, 1.54) is 12.8 Å². The van der Waals surface area contributed by atoms with E-state index in [9.17, 15) is 0 Å². The van der Waals surface area contributed by atoms with Gasteiger partial charge in [0.25, 0.3) is 0 Å². The van der Waals surface area contributed by atoms with Crippen LogP contribution in [-0.2, 0) is 0 Å². The molecule has 0 heterocycles. The average molecular weight is 127 g/mol. The minimum Gasteiger partial charge on any atom is -0.327 e. The van der Waals surface area contributed by atoms with Crippen molar-refractivity contribution in [3.05, 3.63) is 0 Å². The van der Waals surface area contributed by atoms with Crippen LogP contribution in [0.3, 0.4) is 0 Å². The SMILES string of the molecule is CC[C@@]1(C(C)C)C[C@@H]1N. The molecule has 1 aliphatic carbocycles. The largest absolute Gasteiger partial charge is 0.327 e. The van der Waals surface area contributed by atoms with E-state index in [0.29, 0.717) is 11.5 Å². The summed E-state index contributed by atoms with van der Waals surface area (Å²) in [7, 11) is 0. The Morgan fingerprint density at radius 2 is 2.11 bits per heavy atom. The molecule has 1 rings (SSSR count). The van der Waals surface area contributed by atoms with Crippen molar-refractivity contribution in [1.29, 1.82) is 0 Å². The van der Waals surface area contributed by atoms with Crippen molar-refractivity contribution in [2.45, 2.75) is 39.7 Å². The lowest BCUT2D eigenvalue weighted by molar-refractivity contribution is 0.334. The van der Waals surface area contributed by atoms with Crippen LogP contribution in [0.4, 0.5) is 0 Å². The molecule has 1 saturated carbocycles. The van der Waals surface area contributed by atoms with Crippen molar-refractivity contribution in [2.75, 3.05) is 0 Å². The second-order valence-electron chi connectivity index (χ2n) is 3.55. The van der Waals surface area contributed by atoms with Crippen molar-refractivity contribution in [3.8, 4) is 0 Å². The summed E-state index contributed by atoms with van der Waals surface area (Å²) in [6, 6.07) is 0.502. The first-order valence-corrected chi connectivity index (χ1v) is 3.89. The summed E-state index contributed by atoms with van der Waals surface area (Å²) in [5.41, 5.74) is 6.34. The molecule has 2 N–H and O–H groups in total. The monoisotopic (exact) mass is 127 g/mol. The Kier molecular flexibility index (Phi) is 1.55. The van der Waals surface area contributed by atoms with Crippen molar-refractivity contribution >= 4 is 0 Å². The van der Waals surface area contributed by atoms with Gasteiger partial charge in [0.05, 0.1) is 0 Å². The maximum Gasteiger partial charge on any atom is 0.0104 e. The summed E-state index contributed by atoms with van der Waals surface area (Å²) in [5.74, 6) is 0.775. The lowest BCUT2D eigenvalue weighted by Gasteiger charge is -2.17. The zero-order valence-electron chi connectivity index (χ0n) is 6.65. The van der Waals surface area contributed by atoms with E-state index in [1.807, 2.05) is 0 Å². The van der Waals surface area contributed by atoms with Gasteiger partial charge in [0, 0.05) is 6.04 Å². The molecule has 9 heavy (non-hydrogen) atoms. The van der Waals surface area contributed by atoms with Crippen molar-refractivity contribution < 1.29 is 0 Å². The minimum absolute atomic E-state index is 0.502. The number of hydrogen-bond donors (Lipinski definition) is 1. The van der Waals surface area contributed by atoms with Crippen LogP contribution in [-0.4, -0.2) is 6.04 Å². The third-order valence-corrected chi connectivity index (χ3v) is 2.99. The van der Waals surface area contributed by atoms with E-state index in [1.54, 1.807) is 0 Å². The Hall–Kier alpha value is -0.0400. The van der Waals surface area contributed by atoms with Gasteiger partial charge in [0.2, 0.25) is 0 Å². The maximum absolute atomic E-state index is 5.81. The molecule has 0 radical (unpaired) electrons. The van der Waals surface area contributed by atoms with Crippen LogP contribution in [0.2, 0.25) is 0 Å². The predicted octanol–water partition coefficient (Wildman–Crippen LogP) is 1.77. The molecule has 0 aromatic rings. The Morgan fingerprint density at radius 3 is 2.11 bits per heavy atom. The predicted molar refractivity (Wildman–Crippen MR) is 40.2 cm³/mol. The molecule has 0 unspecified atom stereocenters. The highest BCUT2D eigenvalue weighted by Gasteiger charge is 2.52. The van der Waals surface area contributed by atoms with Gasteiger partial charge in [-0.1, -0.05) is 20.8 Å². The summed E-state index contributed by atoms with van der Waals surface area (Å²) in [4.78, 5) is 0. The lowest BCUT2D eigenvalue weighted by atomic mass is 9.89. The smallest absolute Gasteiger partial charge is 0.0104 e. The fraction of sp³-hybridized carbons (Fsp3) is 1.00. The van der Waals surface area contributed by atoms with E-state index in [-0.39, 0.29) is 0 Å². The quantitative estimate of drug-likeness (QED) is 0.601.